The van der Waals surface area contributed by atoms with Crippen LogP contribution in [0.4, 0.5) is 5.13 Å². The summed E-state index contributed by atoms with van der Waals surface area (Å²) < 4.78 is 40.8. The van der Waals surface area contributed by atoms with Crippen LogP contribution in [-0.2, 0) is 33.9 Å². The van der Waals surface area contributed by atoms with Gasteiger partial charge < -0.3 is 31.0 Å². The smallest absolute Gasteiger partial charge is 0.418 e. The Bertz CT molecular complexity index is 1590. The summed E-state index contributed by atoms with van der Waals surface area (Å²) in [5, 5.41) is 27.2. The molecule has 2 fully saturated rings. The molecule has 2 aromatic rings. The van der Waals surface area contributed by atoms with Crippen LogP contribution >= 0.6 is 22.9 Å². The van der Waals surface area contributed by atoms with Gasteiger partial charge in [0.2, 0.25) is 0 Å². The number of anilines is 1. The second-order valence-electron chi connectivity index (χ2n) is 10.2. The van der Waals surface area contributed by atoms with Crippen molar-refractivity contribution in [3.63, 3.8) is 0 Å². The fourth-order valence-electron chi connectivity index (χ4n) is 4.07. The summed E-state index contributed by atoms with van der Waals surface area (Å²) >= 11 is 6.94. The first kappa shape index (κ1) is 32.9. The monoisotopic (exact) mass is 673 g/mol. The number of halogens is 1. The summed E-state index contributed by atoms with van der Waals surface area (Å²) in [4.78, 5) is 46.7. The number of carbonyl (C=O) groups excluding carboxylic acids is 2. The van der Waals surface area contributed by atoms with E-state index in [4.69, 9.17) is 36.9 Å². The molecule has 2 aliphatic rings. The van der Waals surface area contributed by atoms with Crippen molar-refractivity contribution in [3.8, 4) is 5.75 Å². The van der Waals surface area contributed by atoms with E-state index in [0.717, 1.165) is 30.6 Å². The molecule has 1 saturated heterocycles. The number of carbonyl (C=O) groups is 3. The van der Waals surface area contributed by atoms with Gasteiger partial charge in [0.05, 0.1) is 5.54 Å². The third-order valence-electron chi connectivity index (χ3n) is 6.71. The average molecular weight is 674 g/mol. The van der Waals surface area contributed by atoms with Gasteiger partial charge in [-0.15, -0.1) is 4.28 Å². The summed E-state index contributed by atoms with van der Waals surface area (Å²) in [5.41, 5.74) is 3.92. The van der Waals surface area contributed by atoms with Crippen molar-refractivity contribution < 1.29 is 46.3 Å². The molecule has 2 amide bonds. The van der Waals surface area contributed by atoms with Gasteiger partial charge >= 0.3 is 16.4 Å². The second kappa shape index (κ2) is 12.9. The highest BCUT2D eigenvalue weighted by molar-refractivity contribution is 7.80. The zero-order valence-corrected chi connectivity index (χ0v) is 25.5. The number of nitrogen functional groups attached to an aromatic ring is 1. The molecule has 2 heterocycles. The molecule has 17 nitrogen and oxygen atoms in total. The normalized spacial score (nSPS) is 18.9. The Hall–Kier alpha value is -4.04. The van der Waals surface area contributed by atoms with Crippen LogP contribution in [0.25, 0.3) is 0 Å². The van der Waals surface area contributed by atoms with Gasteiger partial charge in [-0.2, -0.15) is 13.5 Å². The fraction of sp³-hybridized carbons (Fsp3) is 0.417. The maximum atomic E-state index is 13.2. The predicted octanol–water partition coefficient (Wildman–Crippen LogP) is 0.939. The van der Waals surface area contributed by atoms with Crippen molar-refractivity contribution in [2.45, 2.75) is 56.8 Å². The minimum Gasteiger partial charge on any atom is -0.489 e. The van der Waals surface area contributed by atoms with E-state index in [1.807, 2.05) is 0 Å². The summed E-state index contributed by atoms with van der Waals surface area (Å²) in [7, 11) is -5.03. The lowest BCUT2D eigenvalue weighted by atomic mass is 9.84. The van der Waals surface area contributed by atoms with Crippen molar-refractivity contribution in [1.82, 2.24) is 20.7 Å². The molecule has 0 spiro atoms. The largest absolute Gasteiger partial charge is 0.489 e. The molecular weight excluding hydrogens is 646 g/mol. The summed E-state index contributed by atoms with van der Waals surface area (Å²) in [6, 6.07) is 5.30. The molecule has 1 aliphatic carbocycles. The van der Waals surface area contributed by atoms with Gasteiger partial charge in [-0.3, -0.25) is 19.6 Å². The number of rotatable bonds is 13. The molecule has 7 N–H and O–H groups in total. The standard InChI is InChI=1S/C24H28ClN7O10S2/c1-24(2)17(21(34)32(24)42-44(37,38)39)30-20(33)16(15-18(25)43-23(27)29-15)31-41-14(22(35)36)10-40-13-8-6-11(7-9-13)19(26)28-12-4-3-5-12/h6-9,12,14,17H,3-5,10H2,1-2H3,(H2,26,28)(H2,27,29)(H,30,33)(H,35,36)(H,37,38,39)/b31-16-/t14-,17+/m0/s1. The van der Waals surface area contributed by atoms with Gasteiger partial charge in [-0.1, -0.05) is 28.1 Å². The number of amidine groups is 1. The maximum Gasteiger partial charge on any atom is 0.418 e. The number of nitrogens with two attached hydrogens (primary N) is 1. The molecule has 4 rings (SSSR count). The summed E-state index contributed by atoms with van der Waals surface area (Å²) in [5.74, 6) is -3.08. The van der Waals surface area contributed by atoms with Crippen LogP contribution < -0.4 is 21.1 Å². The molecule has 0 radical (unpaired) electrons. The molecule has 1 aliphatic heterocycles. The molecule has 0 unspecified atom stereocenters. The van der Waals surface area contributed by atoms with Crippen molar-refractivity contribution >= 4 is 67.8 Å². The molecule has 1 aromatic carbocycles. The number of carboxylic acids is 1. The van der Waals surface area contributed by atoms with Gasteiger partial charge in [0, 0.05) is 11.6 Å². The number of nitrogens with zero attached hydrogens (tertiary/aromatic N) is 3. The van der Waals surface area contributed by atoms with E-state index in [1.54, 1.807) is 24.3 Å². The Morgan fingerprint density at radius 1 is 1.30 bits per heavy atom. The Morgan fingerprint density at radius 3 is 2.45 bits per heavy atom. The quantitative estimate of drug-likeness (QED) is 0.0569. The molecule has 44 heavy (non-hydrogen) atoms. The number of hydroxylamine groups is 2. The molecule has 2 atom stereocenters. The Kier molecular flexibility index (Phi) is 9.64. The first-order chi connectivity index (χ1) is 20.6. The third kappa shape index (κ3) is 7.53. The van der Waals surface area contributed by atoms with Crippen molar-refractivity contribution in [2.24, 2.45) is 5.16 Å². The zero-order valence-electron chi connectivity index (χ0n) is 23.1. The number of oxime groups is 1. The molecule has 1 saturated carbocycles. The van der Waals surface area contributed by atoms with Gasteiger partial charge in [0.1, 0.15) is 34.3 Å². The lowest BCUT2D eigenvalue weighted by Gasteiger charge is -2.50. The number of nitrogens with one attached hydrogen (secondary N) is 3. The molecule has 1 aromatic heterocycles. The van der Waals surface area contributed by atoms with Crippen LogP contribution in [0.2, 0.25) is 4.34 Å². The van der Waals surface area contributed by atoms with E-state index >= 15 is 0 Å². The average Bonchev–Trinajstić information content (AvgIpc) is 3.26. The number of carboxylic acid groups (broad SMARTS) is 1. The highest BCUT2D eigenvalue weighted by Crippen LogP contribution is 2.33. The molecule has 0 bridgehead atoms. The van der Waals surface area contributed by atoms with E-state index in [0.29, 0.717) is 10.6 Å². The Morgan fingerprint density at radius 2 is 1.95 bits per heavy atom. The minimum absolute atomic E-state index is 0.0594. The molecular formula is C24H28ClN7O10S2. The van der Waals surface area contributed by atoms with Crippen LogP contribution in [0, 0.1) is 5.41 Å². The van der Waals surface area contributed by atoms with Gasteiger partial charge in [-0.25, -0.2) is 9.78 Å². The van der Waals surface area contributed by atoms with E-state index < -0.39 is 58.2 Å². The fourth-order valence-corrected chi connectivity index (χ4v) is 5.45. The number of aromatic nitrogens is 1. The zero-order chi connectivity index (χ0) is 32.4. The predicted molar refractivity (Wildman–Crippen MR) is 156 cm³/mol. The molecule has 238 valence electrons. The van der Waals surface area contributed by atoms with E-state index in [-0.39, 0.29) is 32.8 Å². The molecule has 20 heteroatoms. The van der Waals surface area contributed by atoms with Crippen LogP contribution in [0.1, 0.15) is 44.4 Å². The maximum absolute atomic E-state index is 13.2. The third-order valence-corrected chi connectivity index (χ3v) is 8.13. The van der Waals surface area contributed by atoms with E-state index in [9.17, 15) is 27.9 Å². The summed E-state index contributed by atoms with van der Waals surface area (Å²) in [6.45, 7) is 2.13. The lowest BCUT2D eigenvalue weighted by Crippen LogP contribution is -2.76. The first-order valence-corrected chi connectivity index (χ1v) is 15.4. The van der Waals surface area contributed by atoms with Crippen LogP contribution in [0.3, 0.4) is 0 Å². The summed E-state index contributed by atoms with van der Waals surface area (Å²) in [6.07, 6.45) is 1.41. The Labute approximate surface area is 259 Å². The SMILES string of the molecule is CC1(C)[C@H](NC(=O)/C(=N\O[C@@H](COc2ccc(C(=N)NC3CCC3)cc2)C(=O)O)c2nc(N)sc2Cl)C(=O)N1OS(=O)(=O)O. The van der Waals surface area contributed by atoms with Gasteiger partial charge in [0.25, 0.3) is 17.9 Å². The number of thiazole rings is 1. The number of hydrogen-bond acceptors (Lipinski definition) is 13. The van der Waals surface area contributed by atoms with Crippen molar-refractivity contribution in [3.05, 3.63) is 39.9 Å². The van der Waals surface area contributed by atoms with E-state index in [1.165, 1.54) is 13.8 Å². The van der Waals surface area contributed by atoms with Crippen LogP contribution in [0.15, 0.2) is 29.4 Å². The van der Waals surface area contributed by atoms with Crippen molar-refractivity contribution in [2.75, 3.05) is 12.3 Å². The van der Waals surface area contributed by atoms with Crippen LogP contribution in [-0.4, -0.2) is 87.8 Å². The van der Waals surface area contributed by atoms with E-state index in [2.05, 4.69) is 25.1 Å². The minimum atomic E-state index is -5.03. The number of β-lactam (4-membered cyclic amide) rings is 1. The number of ether oxygens (including phenoxy) is 1. The number of hydrogen-bond donors (Lipinski definition) is 6. The number of aliphatic carboxylic acids is 1. The van der Waals surface area contributed by atoms with Gasteiger partial charge in [0.15, 0.2) is 10.8 Å². The highest BCUT2D eigenvalue weighted by atomic mass is 35.5. The second-order valence-corrected chi connectivity index (χ2v) is 12.9. The topological polar surface area (TPSA) is 256 Å². The lowest BCUT2D eigenvalue weighted by molar-refractivity contribution is -0.218. The first-order valence-electron chi connectivity index (χ1n) is 12.9. The number of amides is 2. The Balaban J connectivity index is 1.46. The number of benzene rings is 1. The highest BCUT2D eigenvalue weighted by Gasteiger charge is 2.58. The van der Waals surface area contributed by atoms with Crippen molar-refractivity contribution in [1.29, 1.82) is 5.41 Å². The van der Waals surface area contributed by atoms with Crippen LogP contribution in [0.5, 0.6) is 5.75 Å². The van der Waals surface area contributed by atoms with Gasteiger partial charge in [-0.05, 0) is 57.4 Å².